The molecule has 0 spiro atoms. The van der Waals surface area contributed by atoms with Crippen LogP contribution >= 0.6 is 0 Å². The summed E-state index contributed by atoms with van der Waals surface area (Å²) in [7, 11) is 0. The first-order chi connectivity index (χ1) is 7.65. The van der Waals surface area contributed by atoms with E-state index in [1.807, 2.05) is 13.8 Å². The standard InChI is InChI=1S/C11H22N2O4/c1-7(12)9(14)16-5-11(3,4)6-17-10(15)8(2)13/h7-8H,5-6,12-13H2,1-4H3/t7-,8-/m0/s1. The number of ether oxygens (including phenoxy) is 2. The van der Waals surface area contributed by atoms with Crippen LogP contribution in [0.3, 0.4) is 0 Å². The van der Waals surface area contributed by atoms with Crippen LogP contribution in [0.4, 0.5) is 0 Å². The average Bonchev–Trinajstić information content (AvgIpc) is 2.22. The van der Waals surface area contributed by atoms with Gasteiger partial charge in [-0.25, -0.2) is 0 Å². The molecule has 0 heterocycles. The van der Waals surface area contributed by atoms with Gasteiger partial charge in [0.05, 0.1) is 13.2 Å². The fraction of sp³-hybridized carbons (Fsp3) is 0.818. The van der Waals surface area contributed by atoms with E-state index in [1.165, 1.54) is 0 Å². The molecule has 0 bridgehead atoms. The van der Waals surface area contributed by atoms with E-state index in [4.69, 9.17) is 20.9 Å². The summed E-state index contributed by atoms with van der Waals surface area (Å²) < 4.78 is 9.95. The summed E-state index contributed by atoms with van der Waals surface area (Å²) >= 11 is 0. The first kappa shape index (κ1) is 15.9. The first-order valence-corrected chi connectivity index (χ1v) is 5.50. The van der Waals surface area contributed by atoms with Gasteiger partial charge in [0.1, 0.15) is 12.1 Å². The van der Waals surface area contributed by atoms with E-state index in [9.17, 15) is 9.59 Å². The van der Waals surface area contributed by atoms with E-state index in [0.29, 0.717) is 0 Å². The molecule has 0 fully saturated rings. The maximum absolute atomic E-state index is 11.2. The zero-order valence-corrected chi connectivity index (χ0v) is 10.9. The Labute approximate surface area is 102 Å². The summed E-state index contributed by atoms with van der Waals surface area (Å²) in [6, 6.07) is -1.31. The molecular formula is C11H22N2O4. The molecule has 100 valence electrons. The summed E-state index contributed by atoms with van der Waals surface area (Å²) in [5.74, 6) is -0.951. The molecule has 0 aromatic carbocycles. The van der Waals surface area contributed by atoms with Crippen LogP contribution in [0.1, 0.15) is 27.7 Å². The van der Waals surface area contributed by atoms with Crippen molar-refractivity contribution in [2.75, 3.05) is 13.2 Å². The Morgan fingerprint density at radius 3 is 1.53 bits per heavy atom. The molecule has 0 aliphatic heterocycles. The Kier molecular flexibility index (Phi) is 6.12. The fourth-order valence-electron chi connectivity index (χ4n) is 0.838. The molecule has 0 saturated heterocycles. The molecule has 0 aromatic heterocycles. The average molecular weight is 246 g/mol. The molecule has 4 N–H and O–H groups in total. The van der Waals surface area contributed by atoms with E-state index in [-0.39, 0.29) is 13.2 Å². The molecule has 0 radical (unpaired) electrons. The van der Waals surface area contributed by atoms with Gasteiger partial charge in [-0.15, -0.1) is 0 Å². The van der Waals surface area contributed by atoms with Crippen LogP contribution in [-0.2, 0) is 19.1 Å². The lowest BCUT2D eigenvalue weighted by molar-refractivity contribution is -0.153. The third-order valence-corrected chi connectivity index (χ3v) is 1.95. The second-order valence-corrected chi connectivity index (χ2v) is 4.96. The Bertz CT molecular complexity index is 249. The quantitative estimate of drug-likeness (QED) is 0.628. The topological polar surface area (TPSA) is 105 Å². The van der Waals surface area contributed by atoms with Crippen LogP contribution in [-0.4, -0.2) is 37.2 Å². The van der Waals surface area contributed by atoms with E-state index in [0.717, 1.165) is 0 Å². The van der Waals surface area contributed by atoms with Gasteiger partial charge in [0.15, 0.2) is 0 Å². The Morgan fingerprint density at radius 1 is 1.00 bits per heavy atom. The molecule has 0 aliphatic carbocycles. The highest BCUT2D eigenvalue weighted by Crippen LogP contribution is 2.16. The maximum atomic E-state index is 11.2. The lowest BCUT2D eigenvalue weighted by atomic mass is 9.96. The Balaban J connectivity index is 4.04. The molecule has 6 nitrogen and oxygen atoms in total. The fourth-order valence-corrected chi connectivity index (χ4v) is 0.838. The van der Waals surface area contributed by atoms with Gasteiger partial charge >= 0.3 is 11.9 Å². The third-order valence-electron chi connectivity index (χ3n) is 1.95. The first-order valence-electron chi connectivity index (χ1n) is 5.50. The second-order valence-electron chi connectivity index (χ2n) is 4.96. The molecule has 0 saturated carbocycles. The van der Waals surface area contributed by atoms with Crippen molar-refractivity contribution in [3.63, 3.8) is 0 Å². The number of hydrogen-bond acceptors (Lipinski definition) is 6. The van der Waals surface area contributed by atoms with Crippen LogP contribution in [0.2, 0.25) is 0 Å². The molecule has 0 aliphatic rings. The molecule has 0 aromatic rings. The summed E-state index contributed by atoms with van der Waals surface area (Å²) in [6.07, 6.45) is 0. The Morgan fingerprint density at radius 2 is 1.29 bits per heavy atom. The van der Waals surface area contributed by atoms with E-state index in [1.54, 1.807) is 13.8 Å². The predicted octanol–water partition coefficient (Wildman–Crippen LogP) is -0.207. The number of rotatable bonds is 6. The van der Waals surface area contributed by atoms with Crippen molar-refractivity contribution in [2.45, 2.75) is 39.8 Å². The summed E-state index contributed by atoms with van der Waals surface area (Å²) in [6.45, 7) is 7.00. The van der Waals surface area contributed by atoms with Crippen LogP contribution < -0.4 is 11.5 Å². The zero-order valence-electron chi connectivity index (χ0n) is 10.9. The van der Waals surface area contributed by atoms with Gasteiger partial charge in [-0.3, -0.25) is 9.59 Å². The van der Waals surface area contributed by atoms with Crippen LogP contribution in [0.25, 0.3) is 0 Å². The van der Waals surface area contributed by atoms with Gasteiger partial charge in [-0.1, -0.05) is 13.8 Å². The molecular weight excluding hydrogens is 224 g/mol. The minimum absolute atomic E-state index is 0.138. The van der Waals surface area contributed by atoms with Crippen LogP contribution in [0.15, 0.2) is 0 Å². The van der Waals surface area contributed by atoms with Crippen molar-refractivity contribution in [3.05, 3.63) is 0 Å². The highest BCUT2D eigenvalue weighted by Gasteiger charge is 2.24. The van der Waals surface area contributed by atoms with Gasteiger partial charge in [0, 0.05) is 5.41 Å². The summed E-state index contributed by atoms with van der Waals surface area (Å²) in [4.78, 5) is 22.3. The molecule has 2 atom stereocenters. The smallest absolute Gasteiger partial charge is 0.322 e. The monoisotopic (exact) mass is 246 g/mol. The molecule has 0 unspecified atom stereocenters. The minimum atomic E-state index is -0.655. The predicted molar refractivity (Wildman–Crippen MR) is 63.0 cm³/mol. The lowest BCUT2D eigenvalue weighted by Gasteiger charge is -2.24. The normalized spacial score (nSPS) is 14.9. The van der Waals surface area contributed by atoms with Crippen molar-refractivity contribution in [2.24, 2.45) is 16.9 Å². The highest BCUT2D eigenvalue weighted by molar-refractivity contribution is 5.75. The summed E-state index contributed by atoms with van der Waals surface area (Å²) in [5, 5.41) is 0. The van der Waals surface area contributed by atoms with Gasteiger partial charge in [0.2, 0.25) is 0 Å². The number of carbonyl (C=O) groups is 2. The summed E-state index contributed by atoms with van der Waals surface area (Å²) in [5.41, 5.74) is 10.2. The Hall–Kier alpha value is -1.14. The molecule has 0 rings (SSSR count). The van der Waals surface area contributed by atoms with Gasteiger partial charge in [-0.05, 0) is 13.8 Å². The number of hydrogen-bond donors (Lipinski definition) is 2. The highest BCUT2D eigenvalue weighted by atomic mass is 16.5. The van der Waals surface area contributed by atoms with Crippen molar-refractivity contribution in [3.8, 4) is 0 Å². The minimum Gasteiger partial charge on any atom is -0.464 e. The second kappa shape index (κ2) is 6.56. The van der Waals surface area contributed by atoms with Gasteiger partial charge in [0.25, 0.3) is 0 Å². The zero-order chi connectivity index (χ0) is 13.6. The molecule has 17 heavy (non-hydrogen) atoms. The van der Waals surface area contributed by atoms with Crippen molar-refractivity contribution < 1.29 is 19.1 Å². The van der Waals surface area contributed by atoms with Crippen LogP contribution in [0, 0.1) is 5.41 Å². The van der Waals surface area contributed by atoms with Crippen molar-refractivity contribution in [1.29, 1.82) is 0 Å². The number of nitrogens with two attached hydrogens (primary N) is 2. The molecule has 6 heteroatoms. The SMILES string of the molecule is C[C@H](N)C(=O)OCC(C)(C)COC(=O)[C@H](C)N. The lowest BCUT2D eigenvalue weighted by Crippen LogP contribution is -2.36. The van der Waals surface area contributed by atoms with E-state index in [2.05, 4.69) is 0 Å². The maximum Gasteiger partial charge on any atom is 0.322 e. The number of esters is 2. The van der Waals surface area contributed by atoms with Crippen LogP contribution in [0.5, 0.6) is 0 Å². The molecule has 0 amide bonds. The van der Waals surface area contributed by atoms with Gasteiger partial charge in [-0.2, -0.15) is 0 Å². The van der Waals surface area contributed by atoms with Crippen molar-refractivity contribution in [1.82, 2.24) is 0 Å². The van der Waals surface area contributed by atoms with Crippen molar-refractivity contribution >= 4 is 11.9 Å². The third kappa shape index (κ3) is 6.91. The van der Waals surface area contributed by atoms with E-state index >= 15 is 0 Å². The van der Waals surface area contributed by atoms with E-state index < -0.39 is 29.4 Å². The largest absolute Gasteiger partial charge is 0.464 e. The van der Waals surface area contributed by atoms with Gasteiger partial charge < -0.3 is 20.9 Å². The number of carbonyl (C=O) groups excluding carboxylic acids is 2.